The number of rotatable bonds is 6. The summed E-state index contributed by atoms with van der Waals surface area (Å²) >= 11 is 0. The first-order chi connectivity index (χ1) is 9.71. The second-order valence-corrected chi connectivity index (χ2v) is 6.86. The molecule has 0 aromatic rings. The van der Waals surface area contributed by atoms with Crippen LogP contribution in [0.15, 0.2) is 0 Å². The fourth-order valence-electron chi connectivity index (χ4n) is 3.27. The molecule has 1 aliphatic rings. The number of carboxylic acids is 1. The Morgan fingerprint density at radius 3 is 2.48 bits per heavy atom. The number of aliphatic carboxylic acids is 1. The summed E-state index contributed by atoms with van der Waals surface area (Å²) in [5, 5.41) is 15.6. The first-order valence-electron chi connectivity index (χ1n) is 7.98. The van der Waals surface area contributed by atoms with E-state index in [1.807, 2.05) is 27.7 Å². The highest BCUT2D eigenvalue weighted by atomic mass is 16.4. The molecule has 5 heteroatoms. The van der Waals surface area contributed by atoms with Gasteiger partial charge >= 0.3 is 5.97 Å². The molecule has 4 atom stereocenters. The molecule has 0 spiro atoms. The molecule has 1 rings (SSSR count). The lowest BCUT2D eigenvalue weighted by molar-refractivity contribution is -0.150. The lowest BCUT2D eigenvalue weighted by Gasteiger charge is -2.47. The number of hydrogen-bond donors (Lipinski definition) is 3. The van der Waals surface area contributed by atoms with Crippen LogP contribution in [0.4, 0.5) is 0 Å². The van der Waals surface area contributed by atoms with Gasteiger partial charge in [0.15, 0.2) is 0 Å². The van der Waals surface area contributed by atoms with Gasteiger partial charge in [-0.3, -0.25) is 9.59 Å². The second-order valence-electron chi connectivity index (χ2n) is 6.86. The zero-order valence-electron chi connectivity index (χ0n) is 13.9. The van der Waals surface area contributed by atoms with Gasteiger partial charge in [0.1, 0.15) is 0 Å². The Morgan fingerprint density at radius 2 is 1.95 bits per heavy atom. The van der Waals surface area contributed by atoms with Gasteiger partial charge in [0.25, 0.3) is 0 Å². The molecule has 122 valence electrons. The van der Waals surface area contributed by atoms with Crippen molar-refractivity contribution in [1.29, 1.82) is 0 Å². The summed E-state index contributed by atoms with van der Waals surface area (Å²) < 4.78 is 0. The van der Waals surface area contributed by atoms with E-state index in [2.05, 4.69) is 17.6 Å². The molecular formula is C16H30N2O3. The van der Waals surface area contributed by atoms with Crippen molar-refractivity contribution in [3.8, 4) is 0 Å². The third-order valence-electron chi connectivity index (χ3n) is 5.15. The average molecular weight is 298 g/mol. The van der Waals surface area contributed by atoms with Crippen LogP contribution in [0.25, 0.3) is 0 Å². The fourth-order valence-corrected chi connectivity index (χ4v) is 3.27. The first kappa shape index (κ1) is 18.0. The molecule has 4 unspecified atom stereocenters. The van der Waals surface area contributed by atoms with Crippen LogP contribution in [-0.2, 0) is 9.59 Å². The first-order valence-corrected chi connectivity index (χ1v) is 7.98. The van der Waals surface area contributed by atoms with Crippen molar-refractivity contribution in [2.24, 2.45) is 17.3 Å². The average Bonchev–Trinajstić information content (AvgIpc) is 2.40. The number of nitrogens with one attached hydrogen (secondary N) is 2. The van der Waals surface area contributed by atoms with Crippen molar-refractivity contribution >= 4 is 11.9 Å². The molecule has 0 aliphatic heterocycles. The summed E-state index contributed by atoms with van der Waals surface area (Å²) in [4.78, 5) is 23.3. The normalized spacial score (nSPS) is 29.7. The zero-order valence-corrected chi connectivity index (χ0v) is 13.9. The summed E-state index contributed by atoms with van der Waals surface area (Å²) in [7, 11) is 0. The second kappa shape index (κ2) is 7.25. The lowest BCUT2D eigenvalue weighted by atomic mass is 9.61. The van der Waals surface area contributed by atoms with E-state index in [9.17, 15) is 14.7 Å². The molecule has 0 aromatic heterocycles. The van der Waals surface area contributed by atoms with E-state index in [0.717, 1.165) is 12.8 Å². The van der Waals surface area contributed by atoms with E-state index in [1.54, 1.807) is 0 Å². The summed E-state index contributed by atoms with van der Waals surface area (Å²) in [6, 6.07) is -0.0702. The van der Waals surface area contributed by atoms with E-state index >= 15 is 0 Å². The Labute approximate surface area is 127 Å². The fraction of sp³-hybridized carbons (Fsp3) is 0.875. The van der Waals surface area contributed by atoms with Gasteiger partial charge in [-0.15, -0.1) is 0 Å². The topological polar surface area (TPSA) is 78.4 Å². The van der Waals surface area contributed by atoms with Crippen molar-refractivity contribution in [2.45, 2.75) is 66.0 Å². The van der Waals surface area contributed by atoms with Crippen molar-refractivity contribution < 1.29 is 14.7 Å². The molecule has 3 N–H and O–H groups in total. The van der Waals surface area contributed by atoms with Gasteiger partial charge < -0.3 is 15.7 Å². The summed E-state index contributed by atoms with van der Waals surface area (Å²) in [5.74, 6) is -0.801. The standard InChI is InChI=1S/C16H30N2O3/c1-6-9-17-14(19)11(3)18-13-8-7-12(15(20)21)16(4,5)10(13)2/h10-13,18H,6-9H2,1-5H3,(H,17,19)(H,20,21). The van der Waals surface area contributed by atoms with Crippen LogP contribution in [0.2, 0.25) is 0 Å². The number of carbonyl (C=O) groups is 2. The Morgan fingerprint density at radius 1 is 1.33 bits per heavy atom. The van der Waals surface area contributed by atoms with Crippen LogP contribution >= 0.6 is 0 Å². The van der Waals surface area contributed by atoms with Crippen LogP contribution in [0.3, 0.4) is 0 Å². The van der Waals surface area contributed by atoms with E-state index in [0.29, 0.717) is 13.0 Å². The molecule has 1 aliphatic carbocycles. The van der Waals surface area contributed by atoms with Crippen LogP contribution < -0.4 is 10.6 Å². The largest absolute Gasteiger partial charge is 0.481 e. The Hall–Kier alpha value is -1.10. The highest BCUT2D eigenvalue weighted by Gasteiger charge is 2.46. The van der Waals surface area contributed by atoms with Crippen LogP contribution in [0.5, 0.6) is 0 Å². The summed E-state index contributed by atoms with van der Waals surface area (Å²) in [6.07, 6.45) is 2.38. The van der Waals surface area contributed by atoms with Crippen molar-refractivity contribution in [3.63, 3.8) is 0 Å². The van der Waals surface area contributed by atoms with Crippen molar-refractivity contribution in [2.75, 3.05) is 6.54 Å². The van der Waals surface area contributed by atoms with Gasteiger partial charge in [-0.2, -0.15) is 0 Å². The van der Waals surface area contributed by atoms with E-state index in [-0.39, 0.29) is 35.2 Å². The number of carbonyl (C=O) groups excluding carboxylic acids is 1. The number of amides is 1. The predicted molar refractivity (Wildman–Crippen MR) is 83.0 cm³/mol. The number of carboxylic acid groups (broad SMARTS) is 1. The quantitative estimate of drug-likeness (QED) is 0.701. The monoisotopic (exact) mass is 298 g/mol. The molecule has 1 amide bonds. The van der Waals surface area contributed by atoms with Crippen LogP contribution in [0, 0.1) is 17.3 Å². The molecule has 21 heavy (non-hydrogen) atoms. The lowest BCUT2D eigenvalue weighted by Crippen LogP contribution is -2.55. The Kier molecular flexibility index (Phi) is 6.20. The minimum atomic E-state index is -0.709. The molecule has 0 radical (unpaired) electrons. The van der Waals surface area contributed by atoms with E-state index in [1.165, 1.54) is 0 Å². The van der Waals surface area contributed by atoms with Gasteiger partial charge in [-0.25, -0.2) is 0 Å². The van der Waals surface area contributed by atoms with Gasteiger partial charge in [0.2, 0.25) is 5.91 Å². The summed E-state index contributed by atoms with van der Waals surface area (Å²) in [6.45, 7) is 10.7. The molecule has 1 fully saturated rings. The molecule has 1 saturated carbocycles. The van der Waals surface area contributed by atoms with Crippen LogP contribution in [0.1, 0.15) is 53.9 Å². The van der Waals surface area contributed by atoms with Gasteiger partial charge in [0.05, 0.1) is 12.0 Å². The molecule has 0 bridgehead atoms. The SMILES string of the molecule is CCCNC(=O)C(C)NC1CCC(C(=O)O)C(C)(C)C1C. The summed E-state index contributed by atoms with van der Waals surface area (Å²) in [5.41, 5.74) is -0.276. The maximum absolute atomic E-state index is 11.9. The van der Waals surface area contributed by atoms with Gasteiger partial charge in [0, 0.05) is 12.6 Å². The predicted octanol–water partition coefficient (Wildman–Crippen LogP) is 2.02. The smallest absolute Gasteiger partial charge is 0.307 e. The maximum atomic E-state index is 11.9. The minimum absolute atomic E-state index is 0.0159. The van der Waals surface area contributed by atoms with Crippen molar-refractivity contribution in [1.82, 2.24) is 10.6 Å². The third-order valence-corrected chi connectivity index (χ3v) is 5.15. The van der Waals surface area contributed by atoms with Gasteiger partial charge in [-0.1, -0.05) is 27.7 Å². The van der Waals surface area contributed by atoms with Gasteiger partial charge in [-0.05, 0) is 37.5 Å². The highest BCUT2D eigenvalue weighted by molar-refractivity contribution is 5.81. The molecule has 5 nitrogen and oxygen atoms in total. The molecular weight excluding hydrogens is 268 g/mol. The number of hydrogen-bond acceptors (Lipinski definition) is 3. The Balaban J connectivity index is 2.65. The highest BCUT2D eigenvalue weighted by Crippen LogP contribution is 2.45. The van der Waals surface area contributed by atoms with Crippen molar-refractivity contribution in [3.05, 3.63) is 0 Å². The minimum Gasteiger partial charge on any atom is -0.481 e. The van der Waals surface area contributed by atoms with E-state index < -0.39 is 5.97 Å². The maximum Gasteiger partial charge on any atom is 0.307 e. The Bertz CT molecular complexity index is 382. The van der Waals surface area contributed by atoms with Crippen LogP contribution in [-0.4, -0.2) is 35.6 Å². The third kappa shape index (κ3) is 4.19. The molecule has 0 aromatic carbocycles. The van der Waals surface area contributed by atoms with E-state index in [4.69, 9.17) is 0 Å². The molecule has 0 saturated heterocycles. The molecule has 0 heterocycles. The zero-order chi connectivity index (χ0) is 16.2.